The number of aryl methyl sites for hydroxylation is 2. The first kappa shape index (κ1) is 56.4. The average molecular weight is 948 g/mol. The van der Waals surface area contributed by atoms with Gasteiger partial charge in [0, 0.05) is 66.7 Å². The summed E-state index contributed by atoms with van der Waals surface area (Å²) in [5, 5.41) is 0. The van der Waals surface area contributed by atoms with Gasteiger partial charge in [-0.1, -0.05) is 213 Å². The third-order valence-electron chi connectivity index (χ3n) is 12.9. The van der Waals surface area contributed by atoms with Crippen molar-refractivity contribution in [3.05, 3.63) is 86.5 Å². The second-order valence-corrected chi connectivity index (χ2v) is 18.7. The van der Waals surface area contributed by atoms with E-state index in [0.29, 0.717) is 0 Å². The van der Waals surface area contributed by atoms with E-state index < -0.39 is 0 Å². The first-order chi connectivity index (χ1) is 30.5. The Morgan fingerprint density at radius 1 is 0.365 bits per heavy atom. The van der Waals surface area contributed by atoms with E-state index in [-0.39, 0.29) is 20.4 Å². The van der Waals surface area contributed by atoms with E-state index in [0.717, 1.165) is 98.7 Å². The van der Waals surface area contributed by atoms with Gasteiger partial charge in [0.25, 0.3) is 0 Å². The Balaban J connectivity index is 0.0000137. The predicted molar refractivity (Wildman–Crippen MR) is 273 cm³/mol. The van der Waals surface area contributed by atoms with Gasteiger partial charge in [0.15, 0.2) is 0 Å². The summed E-state index contributed by atoms with van der Waals surface area (Å²) in [6.45, 7) is 13.8. The van der Waals surface area contributed by atoms with E-state index in [1.54, 1.807) is 4.70 Å². The van der Waals surface area contributed by atoms with Gasteiger partial charge < -0.3 is 5.53 Å². The van der Waals surface area contributed by atoms with Crippen molar-refractivity contribution in [1.29, 1.82) is 0 Å². The van der Waals surface area contributed by atoms with Crippen molar-refractivity contribution in [3.8, 4) is 23.7 Å². The minimum absolute atomic E-state index is 0. The van der Waals surface area contributed by atoms with Crippen LogP contribution in [0.5, 0.6) is 0 Å². The molecule has 0 N–H and O–H groups in total. The molecule has 0 saturated carbocycles. The van der Waals surface area contributed by atoms with Gasteiger partial charge in [-0.2, -0.15) is 0 Å². The van der Waals surface area contributed by atoms with Crippen LogP contribution >= 0.6 is 0 Å². The SMILES string of the molecule is CCCCCCCCC#Cc1cc(C#CCCCCCCCC)cc(C2=C(CCCC)C(CCCCCCCC)=C(c3cc(CCCCCC)cc(CCCCCC)c3)[N+]2=[N-])c1.[Pd]. The Kier molecular flexibility index (Phi) is 32.7. The van der Waals surface area contributed by atoms with Gasteiger partial charge in [-0.3, -0.25) is 0 Å². The fraction of sp³-hybridized carbons (Fsp3) is 0.667. The van der Waals surface area contributed by atoms with E-state index in [9.17, 15) is 5.53 Å². The minimum Gasteiger partial charge on any atom is -0.493 e. The zero-order valence-corrected chi connectivity index (χ0v) is 43.3. The number of allylic oxidation sites excluding steroid dienone is 2. The number of rotatable bonds is 34. The van der Waals surface area contributed by atoms with Crippen LogP contribution in [0.1, 0.15) is 280 Å². The number of hydrogen-bond acceptors (Lipinski definition) is 0. The predicted octanol–water partition coefficient (Wildman–Crippen LogP) is 19.2. The second kappa shape index (κ2) is 36.5. The number of hydrogen-bond donors (Lipinski definition) is 0. The Bertz CT molecular complexity index is 1670. The standard InChI is InChI=1S/C60H92N2.Pd/c1-7-13-19-24-27-29-31-36-41-53-46-54(42-37-32-30-28-25-20-14-8-2)50-55(49-53)59-57(43-18-12-6)58(44-38-33-26-21-15-9-3)60(62(59)61)56-47-51(39-34-22-16-10-4)45-52(48-56)40-35-23-17-11-5;/h45-50H,7-35,38-40,43-44H2,1-6H3;. The monoisotopic (exact) mass is 947 g/mol. The summed E-state index contributed by atoms with van der Waals surface area (Å²) in [4.78, 5) is 0. The number of nitrogens with zero attached hydrogens (tertiary/aromatic N) is 2. The molecular weight excluding hydrogens is 855 g/mol. The summed E-state index contributed by atoms with van der Waals surface area (Å²) in [6.07, 6.45) is 41.3. The van der Waals surface area contributed by atoms with E-state index in [1.165, 1.54) is 176 Å². The molecule has 63 heavy (non-hydrogen) atoms. The van der Waals surface area contributed by atoms with Crippen LogP contribution in [0.15, 0.2) is 47.5 Å². The Hall–Kier alpha value is -2.70. The summed E-state index contributed by atoms with van der Waals surface area (Å²) >= 11 is 0. The smallest absolute Gasteiger partial charge is 0.211 e. The van der Waals surface area contributed by atoms with Crippen molar-refractivity contribution >= 4 is 11.4 Å². The fourth-order valence-corrected chi connectivity index (χ4v) is 9.15. The summed E-state index contributed by atoms with van der Waals surface area (Å²) in [5.74, 6) is 14.3. The molecule has 0 amide bonds. The normalized spacial score (nSPS) is 12.4. The molecule has 0 bridgehead atoms. The summed E-state index contributed by atoms with van der Waals surface area (Å²) in [5.41, 5.74) is 24.7. The zero-order valence-electron chi connectivity index (χ0n) is 41.7. The van der Waals surface area contributed by atoms with Crippen molar-refractivity contribution in [2.75, 3.05) is 0 Å². The summed E-state index contributed by atoms with van der Waals surface area (Å²) < 4.78 is 1.63. The van der Waals surface area contributed by atoms with E-state index in [2.05, 4.69) is 102 Å². The van der Waals surface area contributed by atoms with Crippen molar-refractivity contribution in [1.82, 2.24) is 0 Å². The quantitative estimate of drug-likeness (QED) is 0.0289. The molecule has 1 heterocycles. The van der Waals surface area contributed by atoms with E-state index in [1.807, 2.05) is 0 Å². The maximum Gasteiger partial charge on any atom is 0.211 e. The second-order valence-electron chi connectivity index (χ2n) is 18.7. The first-order valence-corrected chi connectivity index (χ1v) is 26.7. The van der Waals surface area contributed by atoms with Crippen LogP contribution < -0.4 is 0 Å². The van der Waals surface area contributed by atoms with Crippen molar-refractivity contribution in [2.24, 2.45) is 0 Å². The molecule has 0 radical (unpaired) electrons. The van der Waals surface area contributed by atoms with E-state index in [4.69, 9.17) is 0 Å². The molecule has 3 rings (SSSR count). The van der Waals surface area contributed by atoms with Crippen LogP contribution in [-0.4, -0.2) is 4.70 Å². The topological polar surface area (TPSA) is 25.3 Å². The molecule has 1 aliphatic rings. The fourth-order valence-electron chi connectivity index (χ4n) is 9.15. The largest absolute Gasteiger partial charge is 0.493 e. The molecule has 0 aromatic heterocycles. The van der Waals surface area contributed by atoms with Crippen LogP contribution in [0.2, 0.25) is 0 Å². The molecule has 0 saturated heterocycles. The Morgan fingerprint density at radius 2 is 0.698 bits per heavy atom. The van der Waals surface area contributed by atoms with Gasteiger partial charge in [0.1, 0.15) is 0 Å². The third-order valence-corrected chi connectivity index (χ3v) is 12.9. The van der Waals surface area contributed by atoms with Crippen LogP contribution in [-0.2, 0) is 33.3 Å². The van der Waals surface area contributed by atoms with E-state index >= 15 is 0 Å². The van der Waals surface area contributed by atoms with Crippen molar-refractivity contribution < 1.29 is 25.1 Å². The van der Waals surface area contributed by atoms with Crippen molar-refractivity contribution in [2.45, 2.75) is 260 Å². The van der Waals surface area contributed by atoms with Crippen molar-refractivity contribution in [3.63, 3.8) is 0 Å². The van der Waals surface area contributed by atoms with Crippen LogP contribution in [0, 0.1) is 23.7 Å². The van der Waals surface area contributed by atoms with Crippen LogP contribution in [0.25, 0.3) is 16.9 Å². The molecule has 2 aromatic carbocycles. The first-order valence-electron chi connectivity index (χ1n) is 26.7. The molecule has 2 aromatic rings. The average Bonchev–Trinajstić information content (AvgIpc) is 3.56. The van der Waals surface area contributed by atoms with Gasteiger partial charge in [0.05, 0.1) is 0 Å². The van der Waals surface area contributed by atoms with Crippen LogP contribution in [0.4, 0.5) is 0 Å². The van der Waals surface area contributed by atoms with Gasteiger partial charge in [-0.25, -0.2) is 4.70 Å². The summed E-state index contributed by atoms with van der Waals surface area (Å²) in [7, 11) is 0. The molecule has 1 aliphatic heterocycles. The molecule has 352 valence electrons. The van der Waals surface area contributed by atoms with Crippen LogP contribution in [0.3, 0.4) is 0 Å². The zero-order chi connectivity index (χ0) is 44.5. The molecule has 3 heteroatoms. The molecule has 0 aliphatic carbocycles. The molecule has 0 unspecified atom stereocenters. The van der Waals surface area contributed by atoms with Gasteiger partial charge in [0.2, 0.25) is 11.4 Å². The third kappa shape index (κ3) is 22.4. The minimum atomic E-state index is 0. The maximum atomic E-state index is 12.8. The number of benzene rings is 2. The molecule has 2 nitrogen and oxygen atoms in total. The molecular formula is C60H92N2Pd. The van der Waals surface area contributed by atoms with Gasteiger partial charge >= 0.3 is 0 Å². The Labute approximate surface area is 404 Å². The summed E-state index contributed by atoms with van der Waals surface area (Å²) in [6, 6.07) is 14.1. The van der Waals surface area contributed by atoms with Gasteiger partial charge in [-0.05, 0) is 106 Å². The molecule has 0 spiro atoms. The number of unbranched alkanes of at least 4 members (excludes halogenated alkanes) is 24. The maximum absolute atomic E-state index is 12.8. The molecule has 0 atom stereocenters. The Morgan fingerprint density at radius 3 is 1.13 bits per heavy atom. The molecule has 0 fully saturated rings. The van der Waals surface area contributed by atoms with Gasteiger partial charge in [-0.15, -0.1) is 0 Å².